The number of amides is 1. The molecule has 7 nitrogen and oxygen atoms in total. The number of nitrogens with zero attached hydrogens (tertiary/aromatic N) is 2. The van der Waals surface area contributed by atoms with Crippen LogP contribution in [-0.2, 0) is 0 Å². The molecular formula is C28H25BrN4O3. The van der Waals surface area contributed by atoms with Crippen molar-refractivity contribution in [2.24, 2.45) is 0 Å². The maximum atomic E-state index is 13.3. The van der Waals surface area contributed by atoms with Crippen molar-refractivity contribution in [1.82, 2.24) is 9.78 Å². The highest BCUT2D eigenvalue weighted by Crippen LogP contribution is 2.42. The number of methoxy groups -OCH3 is 2. The van der Waals surface area contributed by atoms with Crippen molar-refractivity contribution in [3.63, 3.8) is 0 Å². The molecule has 0 radical (unpaired) electrons. The number of ether oxygens (including phenoxy) is 2. The smallest absolute Gasteiger partial charge is 0.261 e. The number of carbonyl (C=O) groups is 1. The first-order chi connectivity index (χ1) is 17.5. The molecule has 0 spiro atoms. The largest absolute Gasteiger partial charge is 0.493 e. The summed E-state index contributed by atoms with van der Waals surface area (Å²) in [6, 6.07) is 21.1. The van der Waals surface area contributed by atoms with E-state index in [1.807, 2.05) is 73.7 Å². The number of hydrogen-bond donors (Lipinski definition) is 2. The molecule has 4 aromatic rings. The van der Waals surface area contributed by atoms with Crippen LogP contribution in [0.4, 0.5) is 11.5 Å². The van der Waals surface area contributed by atoms with E-state index < -0.39 is 0 Å². The minimum atomic E-state index is -0.342. The molecular weight excluding hydrogens is 520 g/mol. The highest BCUT2D eigenvalue weighted by atomic mass is 79.9. The monoisotopic (exact) mass is 544 g/mol. The Kier molecular flexibility index (Phi) is 6.52. The fourth-order valence-electron chi connectivity index (χ4n) is 4.26. The summed E-state index contributed by atoms with van der Waals surface area (Å²) in [5.74, 6) is 1.58. The van der Waals surface area contributed by atoms with E-state index in [1.165, 1.54) is 0 Å². The van der Waals surface area contributed by atoms with Gasteiger partial charge in [0.2, 0.25) is 0 Å². The number of carbonyl (C=O) groups excluding carboxylic acids is 1. The van der Waals surface area contributed by atoms with Crippen LogP contribution in [0, 0.1) is 6.92 Å². The quantitative estimate of drug-likeness (QED) is 0.298. The number of anilines is 2. The number of halogens is 1. The lowest BCUT2D eigenvalue weighted by atomic mass is 9.99. The molecule has 0 unspecified atom stereocenters. The van der Waals surface area contributed by atoms with Gasteiger partial charge in [-0.15, -0.1) is 0 Å². The maximum Gasteiger partial charge on any atom is 0.261 e. The van der Waals surface area contributed by atoms with Gasteiger partial charge >= 0.3 is 0 Å². The van der Waals surface area contributed by atoms with Crippen molar-refractivity contribution in [3.05, 3.63) is 106 Å². The average Bonchev–Trinajstić information content (AvgIpc) is 3.33. The number of allylic oxidation sites excluding steroid dienone is 1. The van der Waals surface area contributed by atoms with E-state index in [0.29, 0.717) is 22.9 Å². The van der Waals surface area contributed by atoms with E-state index >= 15 is 0 Å². The van der Waals surface area contributed by atoms with Gasteiger partial charge in [0.1, 0.15) is 17.4 Å². The first-order valence-electron chi connectivity index (χ1n) is 11.4. The molecule has 1 aliphatic rings. The molecule has 2 heterocycles. The number of fused-ring (bicyclic) bond motifs is 1. The highest BCUT2D eigenvalue weighted by Gasteiger charge is 2.30. The molecule has 3 aromatic carbocycles. The third-order valence-electron chi connectivity index (χ3n) is 6.10. The summed E-state index contributed by atoms with van der Waals surface area (Å²) < 4.78 is 14.1. The zero-order valence-corrected chi connectivity index (χ0v) is 21.7. The minimum Gasteiger partial charge on any atom is -0.493 e. The summed E-state index contributed by atoms with van der Waals surface area (Å²) in [5.41, 5.74) is 4.97. The molecule has 5 rings (SSSR count). The van der Waals surface area contributed by atoms with E-state index in [4.69, 9.17) is 9.47 Å². The fraction of sp³-hybridized carbons (Fsp3) is 0.143. The lowest BCUT2D eigenvalue weighted by molar-refractivity contribution is 0.102. The maximum absolute atomic E-state index is 13.3. The molecule has 1 atom stereocenters. The first kappa shape index (κ1) is 23.7. The van der Waals surface area contributed by atoms with Gasteiger partial charge in [-0.3, -0.25) is 4.79 Å². The number of aryl methyl sites for hydroxylation is 1. The SMILES string of the molecule is COc1cccc([C@@H]2C=C(c3ccc(Br)cc3)Nc3c(C(=O)Nc4ccc(C)cc4)cnn32)c1OC. The standard InChI is InChI=1S/C28H25BrN4O3/c1-17-7-13-20(14-8-17)31-28(34)22-16-30-33-24(21-5-4-6-25(35-2)26(21)36-3)15-23(32-27(22)33)18-9-11-19(29)12-10-18/h4-16,24,32H,1-3H3,(H,31,34)/t24-/m0/s1. The second-order valence-corrected chi connectivity index (χ2v) is 9.33. The topological polar surface area (TPSA) is 77.4 Å². The molecule has 0 aliphatic carbocycles. The van der Waals surface area contributed by atoms with Gasteiger partial charge in [0.25, 0.3) is 5.91 Å². The predicted molar refractivity (Wildman–Crippen MR) is 145 cm³/mol. The molecule has 8 heteroatoms. The Morgan fingerprint density at radius 3 is 2.47 bits per heavy atom. The van der Waals surface area contributed by atoms with E-state index in [0.717, 1.165) is 32.5 Å². The van der Waals surface area contributed by atoms with Crippen molar-refractivity contribution < 1.29 is 14.3 Å². The number of rotatable bonds is 6. The van der Waals surface area contributed by atoms with Gasteiger partial charge < -0.3 is 20.1 Å². The van der Waals surface area contributed by atoms with Crippen LogP contribution in [0.1, 0.15) is 33.1 Å². The number of nitrogens with one attached hydrogen (secondary N) is 2. The van der Waals surface area contributed by atoms with Gasteiger partial charge in [-0.05, 0) is 48.9 Å². The predicted octanol–water partition coefficient (Wildman–Crippen LogP) is 6.28. The van der Waals surface area contributed by atoms with Crippen LogP contribution in [0.15, 0.2) is 83.5 Å². The van der Waals surface area contributed by atoms with E-state index in [9.17, 15) is 4.79 Å². The Morgan fingerprint density at radius 1 is 1.03 bits per heavy atom. The van der Waals surface area contributed by atoms with E-state index in [-0.39, 0.29) is 11.9 Å². The number of aromatic nitrogens is 2. The third kappa shape index (κ3) is 4.47. The zero-order valence-electron chi connectivity index (χ0n) is 20.1. The van der Waals surface area contributed by atoms with Crippen molar-refractivity contribution in [3.8, 4) is 11.5 Å². The van der Waals surface area contributed by atoms with Crippen molar-refractivity contribution in [1.29, 1.82) is 0 Å². The van der Waals surface area contributed by atoms with Crippen LogP contribution >= 0.6 is 15.9 Å². The summed E-state index contributed by atoms with van der Waals surface area (Å²) >= 11 is 3.50. The van der Waals surface area contributed by atoms with Crippen LogP contribution in [0.2, 0.25) is 0 Å². The van der Waals surface area contributed by atoms with E-state index in [2.05, 4.69) is 37.7 Å². The Hall–Kier alpha value is -4.04. The Bertz CT molecular complexity index is 1440. The van der Waals surface area contributed by atoms with Gasteiger partial charge in [0.15, 0.2) is 11.5 Å². The minimum absolute atomic E-state index is 0.249. The summed E-state index contributed by atoms with van der Waals surface area (Å²) in [7, 11) is 3.23. The summed E-state index contributed by atoms with van der Waals surface area (Å²) in [6.07, 6.45) is 3.66. The second-order valence-electron chi connectivity index (χ2n) is 8.41. The van der Waals surface area contributed by atoms with Gasteiger partial charge in [-0.2, -0.15) is 5.10 Å². The molecule has 1 aromatic heterocycles. The normalized spacial score (nSPS) is 14.3. The molecule has 2 N–H and O–H groups in total. The van der Waals surface area contributed by atoms with Crippen molar-refractivity contribution >= 4 is 39.0 Å². The first-order valence-corrected chi connectivity index (χ1v) is 12.2. The van der Waals surface area contributed by atoms with Gasteiger partial charge in [0.05, 0.1) is 20.4 Å². The molecule has 0 fully saturated rings. The highest BCUT2D eigenvalue weighted by molar-refractivity contribution is 9.10. The fourth-order valence-corrected chi connectivity index (χ4v) is 4.53. The van der Waals surface area contributed by atoms with E-state index in [1.54, 1.807) is 25.1 Å². The Labute approximate surface area is 217 Å². The molecule has 0 bridgehead atoms. The Morgan fingerprint density at radius 2 is 1.78 bits per heavy atom. The van der Waals surface area contributed by atoms with Crippen LogP contribution in [0.3, 0.4) is 0 Å². The average molecular weight is 545 g/mol. The molecule has 1 amide bonds. The second kappa shape index (κ2) is 9.91. The molecule has 36 heavy (non-hydrogen) atoms. The van der Waals surface area contributed by atoms with Crippen LogP contribution < -0.4 is 20.1 Å². The molecule has 0 saturated heterocycles. The molecule has 1 aliphatic heterocycles. The van der Waals surface area contributed by atoms with Crippen LogP contribution in [-0.4, -0.2) is 29.9 Å². The van der Waals surface area contributed by atoms with Crippen molar-refractivity contribution in [2.45, 2.75) is 13.0 Å². The lowest BCUT2D eigenvalue weighted by Gasteiger charge is -2.27. The van der Waals surface area contributed by atoms with Crippen molar-refractivity contribution in [2.75, 3.05) is 24.9 Å². The van der Waals surface area contributed by atoms with Crippen LogP contribution in [0.25, 0.3) is 5.70 Å². The van der Waals surface area contributed by atoms with Gasteiger partial charge in [-0.1, -0.05) is 57.9 Å². The third-order valence-corrected chi connectivity index (χ3v) is 6.63. The molecule has 182 valence electrons. The van der Waals surface area contributed by atoms with Gasteiger partial charge in [0, 0.05) is 21.4 Å². The van der Waals surface area contributed by atoms with Gasteiger partial charge in [-0.25, -0.2) is 4.68 Å². The summed E-state index contributed by atoms with van der Waals surface area (Å²) in [4.78, 5) is 13.3. The summed E-state index contributed by atoms with van der Waals surface area (Å²) in [5, 5.41) is 11.0. The number of para-hydroxylation sites is 1. The Balaban J connectivity index is 1.60. The zero-order chi connectivity index (χ0) is 25.2. The lowest BCUT2D eigenvalue weighted by Crippen LogP contribution is -2.22. The summed E-state index contributed by atoms with van der Waals surface area (Å²) in [6.45, 7) is 2.01. The molecule has 0 saturated carbocycles. The number of hydrogen-bond acceptors (Lipinski definition) is 5. The number of benzene rings is 3. The van der Waals surface area contributed by atoms with Crippen LogP contribution in [0.5, 0.6) is 11.5 Å².